The van der Waals surface area contributed by atoms with Gasteiger partial charge in [-0.3, -0.25) is 0 Å². The van der Waals surface area contributed by atoms with E-state index in [-0.39, 0.29) is 0 Å². The topological polar surface area (TPSA) is 52.6 Å². The molecule has 0 saturated heterocycles. The minimum atomic E-state index is -4.92. The minimum absolute atomic E-state index is 0.517. The van der Waals surface area contributed by atoms with Crippen LogP contribution in [0.15, 0.2) is 18.2 Å². The standard InChI is InChI=1S/C10H6F4O4/c1-17-8(15)9(16)18-7-5(10(12,13)14)3-2-4-6(7)11/h2-4H,1H3. The fraction of sp³-hybridized carbons (Fsp3) is 0.200. The Hall–Kier alpha value is -2.12. The van der Waals surface area contributed by atoms with Crippen molar-refractivity contribution in [2.75, 3.05) is 7.11 Å². The lowest BCUT2D eigenvalue weighted by Crippen LogP contribution is -2.23. The predicted molar refractivity (Wildman–Crippen MR) is 49.1 cm³/mol. The highest BCUT2D eigenvalue weighted by Crippen LogP contribution is 2.37. The first-order valence-electron chi connectivity index (χ1n) is 4.43. The van der Waals surface area contributed by atoms with Gasteiger partial charge in [0.25, 0.3) is 0 Å². The number of halogens is 4. The van der Waals surface area contributed by atoms with Crippen molar-refractivity contribution in [2.24, 2.45) is 0 Å². The maximum atomic E-state index is 13.2. The molecule has 0 saturated carbocycles. The Labute approximate surface area is 98.1 Å². The van der Waals surface area contributed by atoms with Gasteiger partial charge in [0.1, 0.15) is 5.56 Å². The van der Waals surface area contributed by atoms with E-state index in [4.69, 9.17) is 0 Å². The zero-order chi connectivity index (χ0) is 13.9. The van der Waals surface area contributed by atoms with Crippen molar-refractivity contribution in [1.82, 2.24) is 0 Å². The Balaban J connectivity index is 3.16. The maximum Gasteiger partial charge on any atom is 0.422 e. The molecule has 0 atom stereocenters. The number of alkyl halides is 3. The molecule has 4 nitrogen and oxygen atoms in total. The van der Waals surface area contributed by atoms with Gasteiger partial charge in [-0.15, -0.1) is 0 Å². The molecule has 1 aromatic carbocycles. The summed E-state index contributed by atoms with van der Waals surface area (Å²) in [5.41, 5.74) is -1.50. The molecule has 18 heavy (non-hydrogen) atoms. The van der Waals surface area contributed by atoms with E-state index in [1.807, 2.05) is 0 Å². The van der Waals surface area contributed by atoms with Gasteiger partial charge in [-0.25, -0.2) is 14.0 Å². The second kappa shape index (κ2) is 5.03. The molecule has 0 fully saturated rings. The summed E-state index contributed by atoms with van der Waals surface area (Å²) in [5.74, 6) is -6.05. The quantitative estimate of drug-likeness (QED) is 0.337. The van der Waals surface area contributed by atoms with Gasteiger partial charge in [0.2, 0.25) is 0 Å². The normalized spacial score (nSPS) is 10.9. The van der Waals surface area contributed by atoms with Crippen LogP contribution in [-0.4, -0.2) is 19.0 Å². The molecule has 0 amide bonds. The summed E-state index contributed by atoms with van der Waals surface area (Å²) in [6.07, 6.45) is -4.92. The number of carbonyl (C=O) groups is 2. The van der Waals surface area contributed by atoms with Gasteiger partial charge in [0.15, 0.2) is 11.6 Å². The van der Waals surface area contributed by atoms with Gasteiger partial charge in [-0.2, -0.15) is 13.2 Å². The summed E-state index contributed by atoms with van der Waals surface area (Å²) in [5, 5.41) is 0. The number of ether oxygens (including phenoxy) is 2. The van der Waals surface area contributed by atoms with Crippen LogP contribution in [0.3, 0.4) is 0 Å². The molecule has 98 valence electrons. The minimum Gasteiger partial charge on any atom is -0.461 e. The van der Waals surface area contributed by atoms with Crippen molar-refractivity contribution in [3.63, 3.8) is 0 Å². The lowest BCUT2D eigenvalue weighted by Gasteiger charge is -2.12. The van der Waals surface area contributed by atoms with Crippen molar-refractivity contribution in [3.05, 3.63) is 29.6 Å². The second-order valence-electron chi connectivity index (χ2n) is 3.00. The molecule has 0 aliphatic rings. The highest BCUT2D eigenvalue weighted by atomic mass is 19.4. The second-order valence-corrected chi connectivity index (χ2v) is 3.00. The monoisotopic (exact) mass is 266 g/mol. The van der Waals surface area contributed by atoms with Gasteiger partial charge in [-0.1, -0.05) is 6.07 Å². The van der Waals surface area contributed by atoms with Crippen molar-refractivity contribution in [3.8, 4) is 5.75 Å². The molecule has 1 rings (SSSR count). The summed E-state index contributed by atoms with van der Waals surface area (Å²) in [4.78, 5) is 21.6. The molecule has 0 aromatic heterocycles. The van der Waals surface area contributed by atoms with E-state index in [1.165, 1.54) is 0 Å². The number of para-hydroxylation sites is 1. The number of carbonyl (C=O) groups excluding carboxylic acids is 2. The van der Waals surface area contributed by atoms with Crippen molar-refractivity contribution in [2.45, 2.75) is 6.18 Å². The van der Waals surface area contributed by atoms with E-state index in [0.717, 1.165) is 13.2 Å². The van der Waals surface area contributed by atoms with Crippen LogP contribution >= 0.6 is 0 Å². The van der Waals surface area contributed by atoms with E-state index in [1.54, 1.807) is 0 Å². The number of esters is 2. The largest absolute Gasteiger partial charge is 0.461 e. The highest BCUT2D eigenvalue weighted by molar-refractivity contribution is 6.30. The van der Waals surface area contributed by atoms with E-state index >= 15 is 0 Å². The first-order chi connectivity index (χ1) is 8.27. The third-order valence-electron chi connectivity index (χ3n) is 1.82. The number of hydrogen-bond acceptors (Lipinski definition) is 4. The fourth-order valence-electron chi connectivity index (χ4n) is 1.05. The maximum absolute atomic E-state index is 13.2. The third-order valence-corrected chi connectivity index (χ3v) is 1.82. The molecule has 0 aliphatic heterocycles. The van der Waals surface area contributed by atoms with Crippen LogP contribution in [0.2, 0.25) is 0 Å². The predicted octanol–water partition coefficient (Wildman–Crippen LogP) is 1.92. The van der Waals surface area contributed by atoms with Gasteiger partial charge in [-0.05, 0) is 12.1 Å². The van der Waals surface area contributed by atoms with Crippen LogP contribution in [-0.2, 0) is 20.5 Å². The molecule has 0 heterocycles. The number of methoxy groups -OCH3 is 1. The van der Waals surface area contributed by atoms with Crippen molar-refractivity contribution >= 4 is 11.9 Å². The Morgan fingerprint density at radius 1 is 1.17 bits per heavy atom. The number of rotatable bonds is 1. The van der Waals surface area contributed by atoms with Crippen LogP contribution < -0.4 is 4.74 Å². The molecule has 1 aromatic rings. The summed E-state index contributed by atoms with van der Waals surface area (Å²) >= 11 is 0. The molecule has 8 heteroatoms. The number of hydrogen-bond donors (Lipinski definition) is 0. The Morgan fingerprint density at radius 3 is 2.28 bits per heavy atom. The van der Waals surface area contributed by atoms with Crippen LogP contribution in [0.4, 0.5) is 17.6 Å². The Bertz CT molecular complexity index is 481. The zero-order valence-electron chi connectivity index (χ0n) is 8.88. The van der Waals surface area contributed by atoms with Crippen LogP contribution in [0.1, 0.15) is 5.56 Å². The summed E-state index contributed by atoms with van der Waals surface area (Å²) in [6.45, 7) is 0. The molecule has 0 spiro atoms. The van der Waals surface area contributed by atoms with Gasteiger partial charge >= 0.3 is 18.1 Å². The van der Waals surface area contributed by atoms with E-state index in [2.05, 4.69) is 9.47 Å². The summed E-state index contributed by atoms with van der Waals surface area (Å²) < 4.78 is 58.6. The average Bonchev–Trinajstić information content (AvgIpc) is 2.29. The Kier molecular flexibility index (Phi) is 3.89. The van der Waals surface area contributed by atoms with Gasteiger partial charge in [0.05, 0.1) is 7.11 Å². The molecule has 0 radical (unpaired) electrons. The molecular weight excluding hydrogens is 260 g/mol. The summed E-state index contributed by atoms with van der Waals surface area (Å²) in [6, 6.07) is 1.98. The summed E-state index contributed by atoms with van der Waals surface area (Å²) in [7, 11) is 0.829. The van der Waals surface area contributed by atoms with E-state index in [9.17, 15) is 27.2 Å². The van der Waals surface area contributed by atoms with Crippen molar-refractivity contribution in [1.29, 1.82) is 0 Å². The van der Waals surface area contributed by atoms with Gasteiger partial charge in [0, 0.05) is 0 Å². The highest BCUT2D eigenvalue weighted by Gasteiger charge is 2.37. The molecule has 0 bridgehead atoms. The van der Waals surface area contributed by atoms with Crippen LogP contribution in [0.5, 0.6) is 5.75 Å². The molecule has 0 aliphatic carbocycles. The Morgan fingerprint density at radius 2 is 1.78 bits per heavy atom. The fourth-order valence-corrected chi connectivity index (χ4v) is 1.05. The smallest absolute Gasteiger partial charge is 0.422 e. The third kappa shape index (κ3) is 2.96. The van der Waals surface area contributed by atoms with E-state index < -0.39 is 35.2 Å². The molecule has 0 unspecified atom stereocenters. The molecule has 0 N–H and O–H groups in total. The van der Waals surface area contributed by atoms with Crippen LogP contribution in [0, 0.1) is 5.82 Å². The lowest BCUT2D eigenvalue weighted by molar-refractivity contribution is -0.161. The molecular formula is C10H6F4O4. The first-order valence-corrected chi connectivity index (χ1v) is 4.43. The van der Waals surface area contributed by atoms with Crippen LogP contribution in [0.25, 0.3) is 0 Å². The SMILES string of the molecule is COC(=O)C(=O)Oc1c(F)cccc1C(F)(F)F. The first kappa shape index (κ1) is 13.9. The van der Waals surface area contributed by atoms with Gasteiger partial charge < -0.3 is 9.47 Å². The average molecular weight is 266 g/mol. The van der Waals surface area contributed by atoms with E-state index in [0.29, 0.717) is 12.1 Å². The van der Waals surface area contributed by atoms with Crippen molar-refractivity contribution < 1.29 is 36.6 Å². The zero-order valence-corrected chi connectivity index (χ0v) is 8.88. The number of benzene rings is 1. The lowest BCUT2D eigenvalue weighted by atomic mass is 10.2.